The SMILES string of the molecule is COc1cc(C=C/C(CCc2ccco2)=N/O)cc(Br)c1O. The number of nitrogens with zero attached hydrogens (tertiary/aromatic N) is 1. The van der Waals surface area contributed by atoms with E-state index in [4.69, 9.17) is 14.4 Å². The minimum Gasteiger partial charge on any atom is -0.503 e. The summed E-state index contributed by atoms with van der Waals surface area (Å²) in [4.78, 5) is 0. The smallest absolute Gasteiger partial charge is 0.172 e. The van der Waals surface area contributed by atoms with Crippen LogP contribution >= 0.6 is 15.9 Å². The maximum atomic E-state index is 9.77. The van der Waals surface area contributed by atoms with Crippen LogP contribution in [0.5, 0.6) is 11.5 Å². The highest BCUT2D eigenvalue weighted by Crippen LogP contribution is 2.35. The number of rotatable bonds is 6. The van der Waals surface area contributed by atoms with Crippen molar-refractivity contribution in [1.29, 1.82) is 0 Å². The van der Waals surface area contributed by atoms with E-state index in [-0.39, 0.29) is 5.75 Å². The van der Waals surface area contributed by atoms with Gasteiger partial charge >= 0.3 is 0 Å². The minimum absolute atomic E-state index is 0.0496. The lowest BCUT2D eigenvalue weighted by Gasteiger charge is -2.06. The third kappa shape index (κ3) is 4.14. The Kier molecular flexibility index (Phi) is 5.66. The maximum absolute atomic E-state index is 9.77. The Balaban J connectivity index is 2.07. The first-order valence-corrected chi connectivity index (χ1v) is 7.41. The Hall–Kier alpha value is -2.21. The van der Waals surface area contributed by atoms with Gasteiger partial charge in [-0.25, -0.2) is 0 Å². The number of methoxy groups -OCH3 is 1. The lowest BCUT2D eigenvalue weighted by molar-refractivity contribution is 0.318. The number of phenolic OH excluding ortho intramolecular Hbond substituents is 1. The molecule has 0 fully saturated rings. The van der Waals surface area contributed by atoms with Gasteiger partial charge < -0.3 is 19.5 Å². The van der Waals surface area contributed by atoms with Crippen molar-refractivity contribution in [3.8, 4) is 11.5 Å². The normalized spacial score (nSPS) is 12.0. The van der Waals surface area contributed by atoms with Crippen LogP contribution in [-0.4, -0.2) is 23.1 Å². The van der Waals surface area contributed by atoms with Crippen LogP contribution < -0.4 is 4.74 Å². The van der Waals surface area contributed by atoms with Gasteiger partial charge in [0.1, 0.15) is 5.76 Å². The number of aryl methyl sites for hydroxylation is 1. The van der Waals surface area contributed by atoms with E-state index in [1.54, 1.807) is 30.5 Å². The molecule has 0 saturated heterocycles. The molecule has 1 aromatic carbocycles. The number of phenols is 1. The average molecular weight is 366 g/mol. The number of benzene rings is 1. The van der Waals surface area contributed by atoms with Gasteiger partial charge in [-0.3, -0.25) is 0 Å². The van der Waals surface area contributed by atoms with Crippen LogP contribution in [0.1, 0.15) is 17.7 Å². The molecule has 0 aliphatic rings. The van der Waals surface area contributed by atoms with Gasteiger partial charge in [-0.15, -0.1) is 0 Å². The molecule has 5 nitrogen and oxygen atoms in total. The van der Waals surface area contributed by atoms with Gasteiger partial charge in [-0.05, 0) is 51.8 Å². The molecule has 116 valence electrons. The molecule has 0 aliphatic heterocycles. The first kappa shape index (κ1) is 16.2. The molecule has 0 bridgehead atoms. The van der Waals surface area contributed by atoms with Gasteiger partial charge in [0.15, 0.2) is 11.5 Å². The van der Waals surface area contributed by atoms with E-state index in [9.17, 15) is 5.11 Å². The number of oxime groups is 1. The highest BCUT2D eigenvalue weighted by molar-refractivity contribution is 9.10. The Morgan fingerprint density at radius 1 is 1.45 bits per heavy atom. The number of allylic oxidation sites excluding steroid dienone is 1. The van der Waals surface area contributed by atoms with Crippen molar-refractivity contribution in [3.05, 3.63) is 52.4 Å². The van der Waals surface area contributed by atoms with E-state index in [0.717, 1.165) is 11.3 Å². The van der Waals surface area contributed by atoms with Gasteiger partial charge in [0.25, 0.3) is 0 Å². The highest BCUT2D eigenvalue weighted by Gasteiger charge is 2.07. The van der Waals surface area contributed by atoms with Gasteiger partial charge in [-0.2, -0.15) is 0 Å². The average Bonchev–Trinajstić information content (AvgIpc) is 3.04. The molecule has 6 heteroatoms. The first-order valence-electron chi connectivity index (χ1n) is 6.62. The summed E-state index contributed by atoms with van der Waals surface area (Å²) in [5.74, 6) is 1.25. The minimum atomic E-state index is 0.0496. The zero-order valence-corrected chi connectivity index (χ0v) is 13.6. The molecule has 0 radical (unpaired) electrons. The first-order chi connectivity index (χ1) is 10.6. The zero-order valence-electron chi connectivity index (χ0n) is 12.0. The van der Waals surface area contributed by atoms with Crippen molar-refractivity contribution < 1.29 is 19.5 Å². The molecule has 1 heterocycles. The molecule has 0 unspecified atom stereocenters. The van der Waals surface area contributed by atoms with Crippen molar-refractivity contribution >= 4 is 27.7 Å². The topological polar surface area (TPSA) is 75.2 Å². The molecule has 2 rings (SSSR count). The molecule has 0 spiro atoms. The summed E-state index contributed by atoms with van der Waals surface area (Å²) >= 11 is 3.26. The third-order valence-electron chi connectivity index (χ3n) is 3.07. The fraction of sp³-hybridized carbons (Fsp3) is 0.188. The fourth-order valence-electron chi connectivity index (χ4n) is 1.91. The lowest BCUT2D eigenvalue weighted by atomic mass is 10.1. The van der Waals surface area contributed by atoms with Crippen molar-refractivity contribution in [2.45, 2.75) is 12.8 Å². The van der Waals surface area contributed by atoms with E-state index in [2.05, 4.69) is 21.1 Å². The van der Waals surface area contributed by atoms with Crippen LogP contribution in [0.2, 0.25) is 0 Å². The van der Waals surface area contributed by atoms with Crippen LogP contribution in [0.25, 0.3) is 6.08 Å². The summed E-state index contributed by atoms with van der Waals surface area (Å²) < 4.78 is 10.9. The van der Waals surface area contributed by atoms with Crippen molar-refractivity contribution in [1.82, 2.24) is 0 Å². The summed E-state index contributed by atoms with van der Waals surface area (Å²) in [5, 5.41) is 22.1. The number of furan rings is 1. The van der Waals surface area contributed by atoms with Crippen molar-refractivity contribution in [2.75, 3.05) is 7.11 Å². The lowest BCUT2D eigenvalue weighted by Crippen LogP contribution is -1.96. The van der Waals surface area contributed by atoms with Gasteiger partial charge in [0.05, 0.1) is 23.6 Å². The molecule has 2 N–H and O–H groups in total. The third-order valence-corrected chi connectivity index (χ3v) is 3.68. The van der Waals surface area contributed by atoms with Crippen molar-refractivity contribution in [2.24, 2.45) is 5.16 Å². The summed E-state index contributed by atoms with van der Waals surface area (Å²) in [6.45, 7) is 0. The summed E-state index contributed by atoms with van der Waals surface area (Å²) in [6, 6.07) is 7.13. The molecular formula is C16H16BrNO4. The monoisotopic (exact) mass is 365 g/mol. The predicted molar refractivity (Wildman–Crippen MR) is 87.6 cm³/mol. The van der Waals surface area contributed by atoms with E-state index in [0.29, 0.717) is 28.8 Å². The number of aromatic hydroxyl groups is 1. The Labute approximate surface area is 136 Å². The van der Waals surface area contributed by atoms with Crippen LogP contribution in [0.3, 0.4) is 0 Å². The van der Waals surface area contributed by atoms with E-state index >= 15 is 0 Å². The number of ether oxygens (including phenoxy) is 1. The second-order valence-corrected chi connectivity index (χ2v) is 5.41. The summed E-state index contributed by atoms with van der Waals surface area (Å²) in [5.41, 5.74) is 1.33. The van der Waals surface area contributed by atoms with E-state index in [1.807, 2.05) is 12.1 Å². The van der Waals surface area contributed by atoms with Crippen LogP contribution in [0.4, 0.5) is 0 Å². The van der Waals surface area contributed by atoms with E-state index < -0.39 is 0 Å². The predicted octanol–water partition coefficient (Wildman–Crippen LogP) is 4.23. The molecular weight excluding hydrogens is 350 g/mol. The largest absolute Gasteiger partial charge is 0.503 e. The summed E-state index contributed by atoms with van der Waals surface area (Å²) in [7, 11) is 1.49. The fourth-order valence-corrected chi connectivity index (χ4v) is 2.37. The molecule has 0 amide bonds. The second-order valence-electron chi connectivity index (χ2n) is 4.56. The van der Waals surface area contributed by atoms with Gasteiger partial charge in [0, 0.05) is 12.8 Å². The number of hydrogen-bond donors (Lipinski definition) is 2. The maximum Gasteiger partial charge on any atom is 0.172 e. The Morgan fingerprint density at radius 3 is 2.91 bits per heavy atom. The van der Waals surface area contributed by atoms with Gasteiger partial charge in [0.2, 0.25) is 0 Å². The molecule has 0 atom stereocenters. The highest BCUT2D eigenvalue weighted by atomic mass is 79.9. The molecule has 0 aliphatic carbocycles. The van der Waals surface area contributed by atoms with Gasteiger partial charge in [-0.1, -0.05) is 11.2 Å². The van der Waals surface area contributed by atoms with E-state index in [1.165, 1.54) is 7.11 Å². The number of hydrogen-bond acceptors (Lipinski definition) is 5. The molecule has 0 saturated carbocycles. The van der Waals surface area contributed by atoms with Crippen LogP contribution in [0.15, 0.2) is 50.7 Å². The quantitative estimate of drug-likeness (QED) is 0.456. The Morgan fingerprint density at radius 2 is 2.27 bits per heavy atom. The molecule has 22 heavy (non-hydrogen) atoms. The zero-order chi connectivity index (χ0) is 15.9. The second kappa shape index (κ2) is 7.70. The van der Waals surface area contributed by atoms with Crippen molar-refractivity contribution in [3.63, 3.8) is 0 Å². The molecule has 2 aromatic rings. The molecule has 1 aromatic heterocycles. The van der Waals surface area contributed by atoms with Crippen LogP contribution in [0, 0.1) is 0 Å². The number of halogens is 1. The van der Waals surface area contributed by atoms with Crippen LogP contribution in [-0.2, 0) is 6.42 Å². The summed E-state index contributed by atoms with van der Waals surface area (Å²) in [6.07, 6.45) is 6.31. The Bertz CT molecular complexity index is 678. The standard InChI is InChI=1S/C16H16BrNO4/c1-21-15-10-11(9-14(17)16(15)19)4-5-12(18-20)6-7-13-3-2-8-22-13/h2-5,8-10,19-20H,6-7H2,1H3/b5-4?,18-12-.